The van der Waals surface area contributed by atoms with Crippen molar-refractivity contribution < 1.29 is 4.74 Å². The third kappa shape index (κ3) is 3.43. The van der Waals surface area contributed by atoms with Crippen LogP contribution in [0.5, 0.6) is 5.88 Å². The molecule has 0 aromatic carbocycles. The van der Waals surface area contributed by atoms with Crippen molar-refractivity contribution in [3.05, 3.63) is 23.9 Å². The van der Waals surface area contributed by atoms with Crippen molar-refractivity contribution in [2.75, 3.05) is 26.7 Å². The lowest BCUT2D eigenvalue weighted by Gasteiger charge is -2.22. The molecule has 0 spiro atoms. The summed E-state index contributed by atoms with van der Waals surface area (Å²) in [4.78, 5) is 6.94. The van der Waals surface area contributed by atoms with Crippen LogP contribution in [0.25, 0.3) is 0 Å². The van der Waals surface area contributed by atoms with E-state index in [1.807, 2.05) is 18.2 Å². The van der Waals surface area contributed by atoms with E-state index >= 15 is 0 Å². The highest BCUT2D eigenvalue weighted by Crippen LogP contribution is 2.15. The first-order valence-electron chi connectivity index (χ1n) is 6.78. The van der Waals surface area contributed by atoms with Crippen LogP contribution in [0.2, 0.25) is 0 Å². The van der Waals surface area contributed by atoms with Gasteiger partial charge in [-0.3, -0.25) is 4.90 Å². The summed E-state index contributed by atoms with van der Waals surface area (Å²) in [5, 5.41) is 3.50. The third-order valence-corrected chi connectivity index (χ3v) is 3.58. The van der Waals surface area contributed by atoms with Crippen molar-refractivity contribution in [3.63, 3.8) is 0 Å². The molecule has 18 heavy (non-hydrogen) atoms. The third-order valence-electron chi connectivity index (χ3n) is 3.58. The van der Waals surface area contributed by atoms with Gasteiger partial charge < -0.3 is 10.1 Å². The van der Waals surface area contributed by atoms with E-state index in [2.05, 4.69) is 22.1 Å². The molecule has 1 atom stereocenters. The molecule has 2 rings (SSSR count). The highest BCUT2D eigenvalue weighted by molar-refractivity contribution is 5.15. The summed E-state index contributed by atoms with van der Waals surface area (Å²) in [5.41, 5.74) is 1.04. The molecule has 0 aliphatic carbocycles. The van der Waals surface area contributed by atoms with E-state index in [0.29, 0.717) is 11.9 Å². The van der Waals surface area contributed by atoms with Crippen LogP contribution in [0.15, 0.2) is 18.2 Å². The van der Waals surface area contributed by atoms with Gasteiger partial charge >= 0.3 is 0 Å². The highest BCUT2D eigenvalue weighted by atomic mass is 16.5. The molecule has 1 unspecified atom stereocenters. The van der Waals surface area contributed by atoms with E-state index in [-0.39, 0.29) is 0 Å². The molecule has 0 saturated carbocycles. The summed E-state index contributed by atoms with van der Waals surface area (Å²) >= 11 is 0. The minimum Gasteiger partial charge on any atom is -0.481 e. The van der Waals surface area contributed by atoms with Crippen LogP contribution in [-0.2, 0) is 6.54 Å². The van der Waals surface area contributed by atoms with E-state index in [0.717, 1.165) is 25.3 Å². The largest absolute Gasteiger partial charge is 0.481 e. The zero-order valence-corrected chi connectivity index (χ0v) is 11.4. The molecule has 1 aromatic rings. The predicted molar refractivity (Wildman–Crippen MR) is 72.8 cm³/mol. The molecular formula is C14H23N3O. The Bertz CT molecular complexity index is 370. The van der Waals surface area contributed by atoms with Gasteiger partial charge in [-0.1, -0.05) is 13.0 Å². The van der Waals surface area contributed by atoms with Crippen LogP contribution >= 0.6 is 0 Å². The van der Waals surface area contributed by atoms with Gasteiger partial charge in [-0.2, -0.15) is 0 Å². The SMILES string of the molecule is CCN1CCCC1CNCc1cccc(OC)n1. The first kappa shape index (κ1) is 13.3. The molecule has 4 nitrogen and oxygen atoms in total. The number of likely N-dealkylation sites (tertiary alicyclic amines) is 1. The van der Waals surface area contributed by atoms with Crippen LogP contribution in [0.3, 0.4) is 0 Å². The smallest absolute Gasteiger partial charge is 0.213 e. The van der Waals surface area contributed by atoms with Crippen LogP contribution < -0.4 is 10.1 Å². The Morgan fingerprint density at radius 2 is 2.39 bits per heavy atom. The first-order valence-corrected chi connectivity index (χ1v) is 6.78. The Labute approximate surface area is 109 Å². The standard InChI is InChI=1S/C14H23N3O/c1-3-17-9-5-7-13(17)11-15-10-12-6-4-8-14(16-12)18-2/h4,6,8,13,15H,3,5,7,9-11H2,1-2H3. The maximum atomic E-state index is 5.12. The second-order valence-electron chi connectivity index (χ2n) is 4.73. The highest BCUT2D eigenvalue weighted by Gasteiger charge is 2.21. The number of likely N-dealkylation sites (N-methyl/N-ethyl adjacent to an activating group) is 1. The second-order valence-corrected chi connectivity index (χ2v) is 4.73. The quantitative estimate of drug-likeness (QED) is 0.832. The van der Waals surface area contributed by atoms with Crippen LogP contribution in [-0.4, -0.2) is 42.7 Å². The molecule has 100 valence electrons. The number of hydrogen-bond acceptors (Lipinski definition) is 4. The Morgan fingerprint density at radius 1 is 1.50 bits per heavy atom. The number of nitrogens with one attached hydrogen (secondary N) is 1. The molecule has 0 amide bonds. The topological polar surface area (TPSA) is 37.4 Å². The summed E-state index contributed by atoms with van der Waals surface area (Å²) in [5.74, 6) is 0.686. The average molecular weight is 249 g/mol. The number of ether oxygens (including phenoxy) is 1. The molecule has 1 aliphatic rings. The second kappa shape index (κ2) is 6.71. The van der Waals surface area contributed by atoms with Gasteiger partial charge in [0, 0.05) is 25.2 Å². The number of hydrogen-bond donors (Lipinski definition) is 1. The zero-order chi connectivity index (χ0) is 12.8. The summed E-state index contributed by atoms with van der Waals surface area (Å²) in [6.07, 6.45) is 2.64. The fourth-order valence-electron chi connectivity index (χ4n) is 2.58. The molecule has 1 aliphatic heterocycles. The number of methoxy groups -OCH3 is 1. The van der Waals surface area contributed by atoms with Gasteiger partial charge in [0.25, 0.3) is 0 Å². The van der Waals surface area contributed by atoms with Crippen molar-refractivity contribution in [2.45, 2.75) is 32.4 Å². The van der Waals surface area contributed by atoms with Gasteiger partial charge in [-0.15, -0.1) is 0 Å². The molecule has 1 saturated heterocycles. The Hall–Kier alpha value is -1.13. The number of nitrogens with zero attached hydrogens (tertiary/aromatic N) is 2. The van der Waals surface area contributed by atoms with Crippen LogP contribution in [0.1, 0.15) is 25.5 Å². The van der Waals surface area contributed by atoms with Gasteiger partial charge in [0.2, 0.25) is 5.88 Å². The Morgan fingerprint density at radius 3 is 3.17 bits per heavy atom. The lowest BCUT2D eigenvalue weighted by Crippen LogP contribution is -2.37. The molecule has 1 fully saturated rings. The molecule has 0 bridgehead atoms. The monoisotopic (exact) mass is 249 g/mol. The van der Waals surface area contributed by atoms with Crippen molar-refractivity contribution in [3.8, 4) is 5.88 Å². The van der Waals surface area contributed by atoms with Crippen molar-refractivity contribution >= 4 is 0 Å². The summed E-state index contributed by atoms with van der Waals surface area (Å²) in [6.45, 7) is 6.50. The normalized spacial score (nSPS) is 20.2. The minimum atomic E-state index is 0.686. The van der Waals surface area contributed by atoms with Gasteiger partial charge in [-0.25, -0.2) is 4.98 Å². The van der Waals surface area contributed by atoms with E-state index in [1.54, 1.807) is 7.11 Å². The minimum absolute atomic E-state index is 0.686. The lowest BCUT2D eigenvalue weighted by atomic mass is 10.2. The maximum absolute atomic E-state index is 5.12. The van der Waals surface area contributed by atoms with Crippen molar-refractivity contribution in [1.29, 1.82) is 0 Å². The fraction of sp³-hybridized carbons (Fsp3) is 0.643. The number of aromatic nitrogens is 1. The van der Waals surface area contributed by atoms with Crippen molar-refractivity contribution in [2.24, 2.45) is 0 Å². The zero-order valence-electron chi connectivity index (χ0n) is 11.4. The molecular weight excluding hydrogens is 226 g/mol. The molecule has 4 heteroatoms. The van der Waals surface area contributed by atoms with E-state index in [1.165, 1.54) is 19.4 Å². The Kier molecular flexibility index (Phi) is 4.96. The molecule has 0 radical (unpaired) electrons. The fourth-order valence-corrected chi connectivity index (χ4v) is 2.58. The van der Waals surface area contributed by atoms with Crippen molar-refractivity contribution in [1.82, 2.24) is 15.2 Å². The summed E-state index contributed by atoms with van der Waals surface area (Å²) < 4.78 is 5.12. The average Bonchev–Trinajstić information content (AvgIpc) is 2.86. The molecule has 1 aromatic heterocycles. The van der Waals surface area contributed by atoms with Crippen LogP contribution in [0, 0.1) is 0 Å². The van der Waals surface area contributed by atoms with Gasteiger partial charge in [0.1, 0.15) is 0 Å². The van der Waals surface area contributed by atoms with Gasteiger partial charge in [-0.05, 0) is 32.0 Å². The summed E-state index contributed by atoms with van der Waals surface area (Å²) in [6, 6.07) is 6.58. The van der Waals surface area contributed by atoms with Crippen LogP contribution in [0.4, 0.5) is 0 Å². The lowest BCUT2D eigenvalue weighted by molar-refractivity contribution is 0.259. The van der Waals surface area contributed by atoms with Gasteiger partial charge in [0.05, 0.1) is 12.8 Å². The predicted octanol–water partition coefficient (Wildman–Crippen LogP) is 1.66. The number of rotatable bonds is 6. The molecule has 1 N–H and O–H groups in total. The van der Waals surface area contributed by atoms with Gasteiger partial charge in [0.15, 0.2) is 0 Å². The maximum Gasteiger partial charge on any atom is 0.213 e. The molecule has 2 heterocycles. The van der Waals surface area contributed by atoms with E-state index in [9.17, 15) is 0 Å². The Balaban J connectivity index is 1.77. The first-order chi connectivity index (χ1) is 8.83. The van der Waals surface area contributed by atoms with E-state index < -0.39 is 0 Å². The summed E-state index contributed by atoms with van der Waals surface area (Å²) in [7, 11) is 1.65. The van der Waals surface area contributed by atoms with E-state index in [4.69, 9.17) is 4.74 Å². The number of pyridine rings is 1.